The molecule has 104 heavy (non-hydrogen) atoms. The first-order valence-corrected chi connectivity index (χ1v) is 40.9. The van der Waals surface area contributed by atoms with E-state index in [1.807, 2.05) is 80.8 Å². The molecule has 5 atom stereocenters. The molecule has 10 bridgehead atoms. The molecular weight excluding hydrogens is 1290 g/mol. The molecule has 0 radical (unpaired) electrons. The third-order valence-electron chi connectivity index (χ3n) is 26.7. The van der Waals surface area contributed by atoms with Gasteiger partial charge >= 0.3 is 0 Å². The van der Waals surface area contributed by atoms with E-state index >= 15 is 0 Å². The molecule has 18 aliphatic heterocycles. The van der Waals surface area contributed by atoms with Crippen LogP contribution in [0.1, 0.15) is 162 Å². The van der Waals surface area contributed by atoms with Crippen molar-refractivity contribution >= 4 is 57.4 Å². The van der Waals surface area contributed by atoms with Crippen molar-refractivity contribution in [2.45, 2.75) is 110 Å². The lowest BCUT2D eigenvalue weighted by Crippen LogP contribution is -2.50. The van der Waals surface area contributed by atoms with Gasteiger partial charge in [-0.1, -0.05) is 0 Å². The van der Waals surface area contributed by atoms with Crippen molar-refractivity contribution in [1.82, 2.24) is 24.5 Å². The predicted molar refractivity (Wildman–Crippen MR) is 421 cm³/mol. The lowest BCUT2D eigenvalue weighted by molar-refractivity contribution is 0.0415. The van der Waals surface area contributed by atoms with Crippen molar-refractivity contribution in [3.63, 3.8) is 0 Å². The molecule has 23 rings (SSSR count). The van der Waals surface area contributed by atoms with Crippen LogP contribution in [0, 0.1) is 59.2 Å². The molecule has 0 aliphatic carbocycles. The van der Waals surface area contributed by atoms with Crippen LogP contribution >= 0.6 is 0 Å². The standard InChI is InChI=1S/C19H26N2O.C18H24N2O.C18H26N2O.C17H22N2O2.C16H22N2O/c22-19(18-14-20-12-8-15(18)9-13-20)16-4-6-17(7-5-16)21-10-2-1-3-11-21;21-18(17-13-19-11-7-14(17)8-12-19)15-3-5-16(6-4-15)20-9-1-2-10-20;1-3-20(4-2)16-7-5-15(6-8-16)18(21)17-13-19-11-9-14(17)10-12-19;1-18-8-9-21-16-10-13(2-3-15(16)18)17(20)14-11-19-6-4-12(14)5-7-19;1-17(2)14-5-3-13(4-6-14)16(19)15-11-18-9-7-12(15)8-10-18/h4-7,15,18H,1-3,8-14H2;3-6,14,17H,1-2,7-13H2;5-8,14,17H,3-4,9-13H2,1-2H3;2-3,10,12,14H,4-9,11H2,1H3;3-6,12,15H,7-11H2,1-2H3. The molecule has 18 aliphatic rings. The highest BCUT2D eigenvalue weighted by Crippen LogP contribution is 2.41. The summed E-state index contributed by atoms with van der Waals surface area (Å²) in [6.45, 7) is 29.3. The minimum absolute atomic E-state index is 0.187. The van der Waals surface area contributed by atoms with Crippen molar-refractivity contribution in [2.75, 3.05) is 196 Å². The van der Waals surface area contributed by atoms with E-state index in [0.29, 0.717) is 65.1 Å². The zero-order chi connectivity index (χ0) is 71.8. The number of anilines is 5. The number of piperidine rings is 16. The maximum atomic E-state index is 12.9. The van der Waals surface area contributed by atoms with Crippen LogP contribution in [0.4, 0.5) is 28.4 Å². The van der Waals surface area contributed by atoms with E-state index in [9.17, 15) is 24.0 Å². The maximum absolute atomic E-state index is 12.9. The third-order valence-corrected chi connectivity index (χ3v) is 26.7. The van der Waals surface area contributed by atoms with E-state index in [-0.39, 0.29) is 29.6 Å². The number of benzene rings is 5. The fourth-order valence-corrected chi connectivity index (χ4v) is 20.0. The van der Waals surface area contributed by atoms with Crippen molar-refractivity contribution in [3.05, 3.63) is 143 Å². The van der Waals surface area contributed by atoms with Crippen molar-refractivity contribution < 1.29 is 28.7 Å². The number of fused-ring (bicyclic) bond motifs is 16. The molecule has 5 aromatic rings. The molecule has 0 amide bonds. The van der Waals surface area contributed by atoms with E-state index in [1.165, 1.54) is 179 Å². The highest BCUT2D eigenvalue weighted by molar-refractivity contribution is 6.01. The zero-order valence-corrected chi connectivity index (χ0v) is 63.5. The topological polar surface area (TPSA) is 127 Å². The van der Waals surface area contributed by atoms with Gasteiger partial charge in [0.15, 0.2) is 28.9 Å². The summed E-state index contributed by atoms with van der Waals surface area (Å²) in [7, 11) is 6.10. The third kappa shape index (κ3) is 17.2. The number of ether oxygens (including phenoxy) is 1. The molecule has 17 saturated heterocycles. The second-order valence-corrected chi connectivity index (χ2v) is 33.0. The Morgan fingerprint density at radius 2 is 0.644 bits per heavy atom. The van der Waals surface area contributed by atoms with Gasteiger partial charge in [-0.05, 0) is 320 Å². The number of hydrogen-bond acceptors (Lipinski definition) is 16. The van der Waals surface area contributed by atoms with Gasteiger partial charge in [0.1, 0.15) is 12.4 Å². The first-order valence-electron chi connectivity index (χ1n) is 40.9. The Labute approximate surface area is 621 Å². The van der Waals surface area contributed by atoms with Gasteiger partial charge in [0.05, 0.1) is 12.2 Å². The smallest absolute Gasteiger partial charge is 0.167 e. The number of ketones is 5. The maximum Gasteiger partial charge on any atom is 0.167 e. The molecule has 5 aromatic carbocycles. The van der Waals surface area contributed by atoms with E-state index in [0.717, 1.165) is 123 Å². The van der Waals surface area contributed by atoms with Crippen LogP contribution in [-0.4, -0.2) is 225 Å². The number of Topliss-reactive ketones (excluding diaryl/α,β-unsaturated/α-hetero) is 5. The quantitative estimate of drug-likeness (QED) is 0.0869. The van der Waals surface area contributed by atoms with Gasteiger partial charge in [-0.15, -0.1) is 0 Å². The first kappa shape index (κ1) is 73.9. The Bertz CT molecular complexity index is 3580. The van der Waals surface area contributed by atoms with Gasteiger partial charge in [-0.25, -0.2) is 0 Å². The Morgan fingerprint density at radius 1 is 0.356 bits per heavy atom. The normalized spacial score (nSPS) is 30.1. The Hall–Kier alpha value is -6.95. The number of likely N-dealkylation sites (N-methyl/N-ethyl adjacent to an activating group) is 1. The van der Waals surface area contributed by atoms with Crippen LogP contribution in [0.15, 0.2) is 115 Å². The molecule has 16 heteroatoms. The molecule has 558 valence electrons. The fourth-order valence-electron chi connectivity index (χ4n) is 20.0. The first-order chi connectivity index (χ1) is 50.7. The number of hydrogen-bond donors (Lipinski definition) is 0. The molecule has 5 unspecified atom stereocenters. The zero-order valence-electron chi connectivity index (χ0n) is 63.5. The summed E-state index contributed by atoms with van der Waals surface area (Å²) in [6.07, 6.45) is 18.5. The molecule has 18 heterocycles. The highest BCUT2D eigenvalue weighted by atomic mass is 16.5. The van der Waals surface area contributed by atoms with Gasteiger partial charge in [0.2, 0.25) is 0 Å². The van der Waals surface area contributed by atoms with Crippen molar-refractivity contribution in [3.8, 4) is 5.75 Å². The van der Waals surface area contributed by atoms with Gasteiger partial charge < -0.3 is 53.7 Å². The predicted octanol–water partition coefficient (Wildman–Crippen LogP) is 13.4. The molecule has 17 fully saturated rings. The van der Waals surface area contributed by atoms with E-state index < -0.39 is 0 Å². The molecule has 16 nitrogen and oxygen atoms in total. The van der Waals surface area contributed by atoms with Gasteiger partial charge in [0, 0.05) is 173 Å². The Balaban J connectivity index is 0.000000110. The summed E-state index contributed by atoms with van der Waals surface area (Å²) >= 11 is 0. The average molecular weight is 1410 g/mol. The lowest BCUT2D eigenvalue weighted by atomic mass is 9.75. The van der Waals surface area contributed by atoms with Crippen LogP contribution in [0.5, 0.6) is 5.75 Å². The summed E-state index contributed by atoms with van der Waals surface area (Å²) in [4.78, 5) is 87.5. The van der Waals surface area contributed by atoms with Crippen LogP contribution in [0.2, 0.25) is 0 Å². The van der Waals surface area contributed by atoms with E-state index in [1.54, 1.807) is 0 Å². The molecule has 0 N–H and O–H groups in total. The summed E-state index contributed by atoms with van der Waals surface area (Å²) < 4.78 is 5.73. The van der Waals surface area contributed by atoms with Crippen LogP contribution in [-0.2, 0) is 0 Å². The minimum atomic E-state index is 0.187. The monoisotopic (exact) mass is 1410 g/mol. The Morgan fingerprint density at radius 3 is 0.942 bits per heavy atom. The Kier molecular flexibility index (Phi) is 24.4. The summed E-state index contributed by atoms with van der Waals surface area (Å²) in [5.41, 5.74) is 10.4. The average Bonchev–Trinajstić information content (AvgIpc) is 0.833. The van der Waals surface area contributed by atoms with E-state index in [2.05, 4.69) is 118 Å². The van der Waals surface area contributed by atoms with Crippen LogP contribution < -0.4 is 29.2 Å². The molecule has 0 aromatic heterocycles. The van der Waals surface area contributed by atoms with Gasteiger partial charge in [-0.2, -0.15) is 0 Å². The number of rotatable bonds is 16. The van der Waals surface area contributed by atoms with Gasteiger partial charge in [-0.3, -0.25) is 24.0 Å². The molecule has 0 saturated carbocycles. The number of nitrogens with zero attached hydrogens (tertiary/aromatic N) is 10. The van der Waals surface area contributed by atoms with Crippen molar-refractivity contribution in [2.24, 2.45) is 59.2 Å². The van der Waals surface area contributed by atoms with Gasteiger partial charge in [0.25, 0.3) is 0 Å². The van der Waals surface area contributed by atoms with Crippen LogP contribution in [0.25, 0.3) is 0 Å². The largest absolute Gasteiger partial charge is 0.490 e. The second-order valence-electron chi connectivity index (χ2n) is 33.0. The molecule has 0 spiro atoms. The van der Waals surface area contributed by atoms with E-state index in [4.69, 9.17) is 4.74 Å². The fraction of sp³-hybridized carbons (Fsp3) is 0.602. The second kappa shape index (κ2) is 34.3. The number of carbonyl (C=O) groups is 5. The summed E-state index contributed by atoms with van der Waals surface area (Å²) in [5, 5.41) is 0. The summed E-state index contributed by atoms with van der Waals surface area (Å²) in [5.74, 6) is 6.81. The highest BCUT2D eigenvalue weighted by Gasteiger charge is 2.43. The van der Waals surface area contributed by atoms with Crippen LogP contribution in [0.3, 0.4) is 0 Å². The SMILES string of the molecule is CCN(CC)c1ccc(C(=O)C2CN3CCC2CC3)cc1.CN(C)c1ccc(C(=O)C2CN3CCC2CC3)cc1.CN1CCOc2cc(C(=O)C3CN4CCC3CC4)ccc21.O=C(c1ccc(N2CCCC2)cc1)C1CN2CCC1CC2.O=C(c1ccc(N2CCCCC2)cc1)C1CN2CCC1CC2. The lowest BCUT2D eigenvalue weighted by Gasteiger charge is -2.44. The molecular formula is C88H120N10O6. The summed E-state index contributed by atoms with van der Waals surface area (Å²) in [6, 6.07) is 39.0. The minimum Gasteiger partial charge on any atom is -0.490 e. The number of carbonyl (C=O) groups excluding carboxylic acids is 5. The van der Waals surface area contributed by atoms with Crippen molar-refractivity contribution in [1.29, 1.82) is 0 Å².